The molecule has 0 bridgehead atoms. The lowest BCUT2D eigenvalue weighted by Crippen LogP contribution is -2.58. The fourth-order valence-electron chi connectivity index (χ4n) is 7.28. The number of amides is 3. The largest absolute Gasteiger partial charge is 0.394 e. The van der Waals surface area contributed by atoms with Crippen LogP contribution in [0.2, 0.25) is 0 Å². The second-order valence-electron chi connectivity index (χ2n) is 12.2. The van der Waals surface area contributed by atoms with Gasteiger partial charge >= 0.3 is 0 Å². The third-order valence-electron chi connectivity index (χ3n) is 9.01. The molecule has 1 spiro atoms. The van der Waals surface area contributed by atoms with Crippen molar-refractivity contribution in [2.75, 3.05) is 19.7 Å². The Morgan fingerprint density at radius 1 is 1.02 bits per heavy atom. The minimum Gasteiger partial charge on any atom is -0.394 e. The maximum absolute atomic E-state index is 14.6. The first-order chi connectivity index (χ1) is 19.2. The highest BCUT2D eigenvalue weighted by molar-refractivity contribution is 8.02. The van der Waals surface area contributed by atoms with Crippen LogP contribution in [0.25, 0.3) is 0 Å². The Labute approximate surface area is 242 Å². The molecule has 7 atom stereocenters. The van der Waals surface area contributed by atoms with Crippen molar-refractivity contribution in [1.29, 1.82) is 0 Å². The lowest BCUT2D eigenvalue weighted by atomic mass is 9.78. The number of carbonyl (C=O) groups is 3. The molecule has 2 saturated heterocycles. The molecular weight excluding hydrogens is 522 g/mol. The highest BCUT2D eigenvalue weighted by Gasteiger charge is 2.71. The van der Waals surface area contributed by atoms with E-state index in [0.29, 0.717) is 26.1 Å². The summed E-state index contributed by atoms with van der Waals surface area (Å²) in [6.45, 7) is 9.56. The maximum Gasteiger partial charge on any atom is 0.247 e. The lowest BCUT2D eigenvalue weighted by molar-refractivity contribution is -0.148. The number of rotatable bonds is 9. The van der Waals surface area contributed by atoms with Gasteiger partial charge < -0.3 is 19.8 Å². The Balaban J connectivity index is 1.57. The maximum atomic E-state index is 14.6. The van der Waals surface area contributed by atoms with Gasteiger partial charge in [0.1, 0.15) is 6.04 Å². The van der Waals surface area contributed by atoms with Crippen LogP contribution in [0.3, 0.4) is 0 Å². The first-order valence-corrected chi connectivity index (χ1v) is 15.7. The van der Waals surface area contributed by atoms with Gasteiger partial charge in [-0.25, -0.2) is 0 Å². The highest BCUT2D eigenvalue weighted by Crippen LogP contribution is 2.61. The first-order valence-electron chi connectivity index (χ1n) is 14.8. The molecule has 4 heterocycles. The average Bonchev–Trinajstić information content (AvgIpc) is 3.25. The van der Waals surface area contributed by atoms with E-state index in [1.165, 1.54) is 0 Å². The number of fused-ring (bicyclic) bond motifs is 2. The van der Waals surface area contributed by atoms with E-state index in [0.717, 1.165) is 18.4 Å². The predicted molar refractivity (Wildman–Crippen MR) is 158 cm³/mol. The Kier molecular flexibility index (Phi) is 8.48. The summed E-state index contributed by atoms with van der Waals surface area (Å²) >= 11 is 1.61. The van der Waals surface area contributed by atoms with Gasteiger partial charge in [-0.05, 0) is 31.2 Å². The molecule has 8 heteroatoms. The van der Waals surface area contributed by atoms with Crippen molar-refractivity contribution in [1.82, 2.24) is 14.7 Å². The van der Waals surface area contributed by atoms with Crippen molar-refractivity contribution >= 4 is 29.5 Å². The van der Waals surface area contributed by atoms with Gasteiger partial charge in [-0.1, -0.05) is 81.8 Å². The number of carbonyl (C=O) groups excluding carboxylic acids is 3. The summed E-state index contributed by atoms with van der Waals surface area (Å²) in [6, 6.07) is 8.73. The molecule has 1 aromatic rings. The summed E-state index contributed by atoms with van der Waals surface area (Å²) in [6.07, 6.45) is 10.7. The molecular formula is C32H43N3O4S. The van der Waals surface area contributed by atoms with E-state index in [2.05, 4.69) is 39.8 Å². The standard InChI is InChI=1S/C32H43N3O4S/c1-5-11-22(4)34-17-10-15-32-27(30(38)35(28(32)31(34)39)24(20-36)18-21(2)3)26-25(40-32)14-9-16-33(29(26)37)19-23-12-7-6-8-13-23/h6-10,12-15,21-22,24-28,36H,5,11,16-20H2,1-4H3/t22?,24-,25-,26+,27+,28?,32+/m1/s1. The first kappa shape index (κ1) is 28.9. The molecule has 4 aliphatic heterocycles. The molecule has 7 nitrogen and oxygen atoms in total. The zero-order chi connectivity index (χ0) is 28.6. The Bertz CT molecular complexity index is 1170. The van der Waals surface area contributed by atoms with Crippen LogP contribution < -0.4 is 0 Å². The normalized spacial score (nSPS) is 31.2. The Hall–Kier alpha value is -2.58. The average molecular weight is 566 g/mol. The highest BCUT2D eigenvalue weighted by atomic mass is 32.2. The van der Waals surface area contributed by atoms with Crippen LogP contribution in [0.15, 0.2) is 54.6 Å². The summed E-state index contributed by atoms with van der Waals surface area (Å²) in [4.78, 5) is 48.8. The number of aliphatic hydroxyl groups is 1. The van der Waals surface area contributed by atoms with Crippen LogP contribution in [0.1, 0.15) is 52.5 Å². The van der Waals surface area contributed by atoms with Gasteiger partial charge in [0.15, 0.2) is 0 Å². The number of hydrogen-bond donors (Lipinski definition) is 1. The summed E-state index contributed by atoms with van der Waals surface area (Å²) < 4.78 is -0.857. The van der Waals surface area contributed by atoms with Crippen molar-refractivity contribution < 1.29 is 19.5 Å². The Morgan fingerprint density at radius 2 is 1.77 bits per heavy atom. The van der Waals surface area contributed by atoms with Crippen molar-refractivity contribution in [2.24, 2.45) is 17.8 Å². The number of hydrogen-bond acceptors (Lipinski definition) is 5. The minimum absolute atomic E-state index is 0.0331. The monoisotopic (exact) mass is 565 g/mol. The van der Waals surface area contributed by atoms with E-state index < -0.39 is 28.7 Å². The quantitative estimate of drug-likeness (QED) is 0.460. The molecule has 1 N–H and O–H groups in total. The zero-order valence-electron chi connectivity index (χ0n) is 24.1. The van der Waals surface area contributed by atoms with Gasteiger partial charge in [-0.15, -0.1) is 11.8 Å². The fraction of sp³-hybridized carbons (Fsp3) is 0.594. The lowest BCUT2D eigenvalue weighted by Gasteiger charge is -2.40. The molecule has 0 saturated carbocycles. The van der Waals surface area contributed by atoms with E-state index in [4.69, 9.17) is 0 Å². The van der Waals surface area contributed by atoms with Gasteiger partial charge in [0, 0.05) is 30.9 Å². The van der Waals surface area contributed by atoms with Gasteiger partial charge in [-0.2, -0.15) is 0 Å². The fourth-order valence-corrected chi connectivity index (χ4v) is 9.27. The molecule has 2 fully saturated rings. The van der Waals surface area contributed by atoms with Crippen LogP contribution in [0, 0.1) is 17.8 Å². The topological polar surface area (TPSA) is 81.2 Å². The van der Waals surface area contributed by atoms with Crippen LogP contribution in [-0.2, 0) is 20.9 Å². The molecule has 0 radical (unpaired) electrons. The second-order valence-corrected chi connectivity index (χ2v) is 13.7. The van der Waals surface area contributed by atoms with Crippen molar-refractivity contribution in [3.05, 3.63) is 60.2 Å². The van der Waals surface area contributed by atoms with Crippen molar-refractivity contribution in [3.63, 3.8) is 0 Å². The smallest absolute Gasteiger partial charge is 0.247 e. The molecule has 2 unspecified atom stereocenters. The third kappa shape index (κ3) is 4.91. The van der Waals surface area contributed by atoms with E-state index in [-0.39, 0.29) is 41.5 Å². The summed E-state index contributed by atoms with van der Waals surface area (Å²) in [7, 11) is 0. The number of benzene rings is 1. The molecule has 4 aliphatic rings. The molecule has 0 aliphatic carbocycles. The van der Waals surface area contributed by atoms with Gasteiger partial charge in [0.2, 0.25) is 17.7 Å². The van der Waals surface area contributed by atoms with Gasteiger partial charge in [0.05, 0.1) is 29.2 Å². The van der Waals surface area contributed by atoms with Crippen LogP contribution in [0.5, 0.6) is 0 Å². The minimum atomic E-state index is -0.857. The second kappa shape index (κ2) is 11.7. The third-order valence-corrected chi connectivity index (χ3v) is 10.8. The van der Waals surface area contributed by atoms with Crippen LogP contribution >= 0.6 is 11.8 Å². The molecule has 5 rings (SSSR count). The van der Waals surface area contributed by atoms with Crippen LogP contribution in [-0.4, -0.2) is 85.3 Å². The van der Waals surface area contributed by atoms with Gasteiger partial charge in [-0.3, -0.25) is 14.4 Å². The number of likely N-dealkylation sites (tertiary alicyclic amines) is 1. The van der Waals surface area contributed by atoms with Crippen molar-refractivity contribution in [2.45, 2.75) is 81.6 Å². The van der Waals surface area contributed by atoms with E-state index in [9.17, 15) is 19.5 Å². The Morgan fingerprint density at radius 3 is 2.45 bits per heavy atom. The molecule has 0 aromatic heterocycles. The molecule has 1 aromatic carbocycles. The van der Waals surface area contributed by atoms with Crippen LogP contribution in [0.4, 0.5) is 0 Å². The number of aliphatic hydroxyl groups excluding tert-OH is 1. The molecule has 216 valence electrons. The summed E-state index contributed by atoms with van der Waals surface area (Å²) in [5, 5.41) is 10.3. The van der Waals surface area contributed by atoms with E-state index in [1.54, 1.807) is 16.7 Å². The summed E-state index contributed by atoms with van der Waals surface area (Å²) in [5.74, 6) is -1.27. The molecule has 3 amide bonds. The van der Waals surface area contributed by atoms with E-state index >= 15 is 0 Å². The van der Waals surface area contributed by atoms with Crippen molar-refractivity contribution in [3.8, 4) is 0 Å². The zero-order valence-corrected chi connectivity index (χ0v) is 24.9. The van der Waals surface area contributed by atoms with Gasteiger partial charge in [0.25, 0.3) is 0 Å². The SMILES string of the molecule is CCCC(C)N1CC=C[C@]23S[C@@H]4C=CCN(Cc5ccccc5)C(=O)[C@@H]4[C@H]2C(=O)N([C@@H](CO)CC(C)C)C3C1=O. The number of nitrogens with zero attached hydrogens (tertiary/aromatic N) is 3. The molecule has 40 heavy (non-hydrogen) atoms. The van der Waals surface area contributed by atoms with E-state index in [1.807, 2.05) is 52.3 Å². The predicted octanol–water partition coefficient (Wildman–Crippen LogP) is 3.88. The number of thioether (sulfide) groups is 1. The summed E-state index contributed by atoms with van der Waals surface area (Å²) in [5.41, 5.74) is 1.04.